The van der Waals surface area contributed by atoms with E-state index in [1.54, 1.807) is 29.0 Å². The number of nitro benzene ring substituents is 1. The lowest BCUT2D eigenvalue weighted by Crippen LogP contribution is -2.13. The number of hydrogen-bond acceptors (Lipinski definition) is 5. The monoisotopic (exact) mass is 282 g/mol. The number of rotatable bonds is 2. The summed E-state index contributed by atoms with van der Waals surface area (Å²) in [7, 11) is 0. The Bertz CT molecular complexity index is 917. The van der Waals surface area contributed by atoms with Gasteiger partial charge in [0.05, 0.1) is 16.0 Å². The predicted octanol–water partition coefficient (Wildman–Crippen LogP) is 2.00. The van der Waals surface area contributed by atoms with Crippen LogP contribution in [0.5, 0.6) is 0 Å². The lowest BCUT2D eigenvalue weighted by molar-refractivity contribution is -0.384. The van der Waals surface area contributed by atoms with Crippen LogP contribution in [0.2, 0.25) is 0 Å². The van der Waals surface area contributed by atoms with Crippen molar-refractivity contribution in [1.29, 1.82) is 0 Å². The van der Waals surface area contributed by atoms with E-state index >= 15 is 0 Å². The first kappa shape index (κ1) is 12.9. The van der Waals surface area contributed by atoms with Crippen LogP contribution >= 0.6 is 0 Å². The standard InChI is InChI=1S/C14H10N4O3/c1-9-4-5-10(18(20)21)7-12(9)17-8-16-14(19)11-3-2-6-15-13(11)17/h2-8H,1H3. The van der Waals surface area contributed by atoms with E-state index in [0.29, 0.717) is 16.7 Å². The molecule has 0 unspecified atom stereocenters. The highest BCUT2D eigenvalue weighted by molar-refractivity contribution is 5.75. The van der Waals surface area contributed by atoms with Crippen LogP contribution in [-0.2, 0) is 0 Å². The Hall–Kier alpha value is -3.09. The van der Waals surface area contributed by atoms with Crippen molar-refractivity contribution in [3.8, 4) is 5.69 Å². The van der Waals surface area contributed by atoms with Crippen LogP contribution in [0.1, 0.15) is 5.56 Å². The number of nitro groups is 1. The molecule has 0 aliphatic rings. The smallest absolute Gasteiger partial charge is 0.282 e. The largest absolute Gasteiger partial charge is 0.284 e. The Morgan fingerprint density at radius 1 is 1.24 bits per heavy atom. The minimum absolute atomic E-state index is 0.0293. The van der Waals surface area contributed by atoms with Gasteiger partial charge < -0.3 is 0 Å². The molecule has 0 bridgehead atoms. The van der Waals surface area contributed by atoms with E-state index in [9.17, 15) is 14.9 Å². The second-order valence-electron chi connectivity index (χ2n) is 4.52. The van der Waals surface area contributed by atoms with Crippen LogP contribution < -0.4 is 5.56 Å². The molecule has 0 fully saturated rings. The molecule has 1 aromatic carbocycles. The van der Waals surface area contributed by atoms with E-state index in [2.05, 4.69) is 9.97 Å². The summed E-state index contributed by atoms with van der Waals surface area (Å²) >= 11 is 0. The van der Waals surface area contributed by atoms with Crippen molar-refractivity contribution in [3.63, 3.8) is 0 Å². The second kappa shape index (κ2) is 4.78. The van der Waals surface area contributed by atoms with E-state index in [-0.39, 0.29) is 11.2 Å². The first-order chi connectivity index (χ1) is 10.1. The number of benzene rings is 1. The lowest BCUT2D eigenvalue weighted by Gasteiger charge is -2.11. The molecule has 21 heavy (non-hydrogen) atoms. The SMILES string of the molecule is Cc1ccc([N+](=O)[O-])cc1-n1cnc(=O)c2cccnc21. The number of nitrogens with zero attached hydrogens (tertiary/aromatic N) is 4. The molecule has 2 heterocycles. The Balaban J connectivity index is 2.36. The molecule has 0 amide bonds. The van der Waals surface area contributed by atoms with E-state index in [1.807, 2.05) is 6.92 Å². The molecule has 3 aromatic rings. The molecule has 0 N–H and O–H groups in total. The zero-order chi connectivity index (χ0) is 15.0. The van der Waals surface area contributed by atoms with Gasteiger partial charge in [-0.25, -0.2) is 4.98 Å². The number of non-ortho nitro benzene ring substituents is 1. The Morgan fingerprint density at radius 3 is 2.81 bits per heavy atom. The van der Waals surface area contributed by atoms with Gasteiger partial charge in [-0.2, -0.15) is 4.98 Å². The number of pyridine rings is 1. The molecule has 2 aromatic heterocycles. The third-order valence-corrected chi connectivity index (χ3v) is 3.20. The van der Waals surface area contributed by atoms with Crippen molar-refractivity contribution in [2.45, 2.75) is 6.92 Å². The average Bonchev–Trinajstić information content (AvgIpc) is 2.49. The van der Waals surface area contributed by atoms with Gasteiger partial charge in [-0.05, 0) is 24.6 Å². The fraction of sp³-hybridized carbons (Fsp3) is 0.0714. The second-order valence-corrected chi connectivity index (χ2v) is 4.52. The number of aromatic nitrogens is 3. The highest BCUT2D eigenvalue weighted by Crippen LogP contribution is 2.22. The summed E-state index contributed by atoms with van der Waals surface area (Å²) in [5.74, 6) is 0. The quantitative estimate of drug-likeness (QED) is 0.529. The first-order valence-electron chi connectivity index (χ1n) is 6.16. The van der Waals surface area contributed by atoms with E-state index in [0.717, 1.165) is 5.56 Å². The van der Waals surface area contributed by atoms with Crippen LogP contribution in [-0.4, -0.2) is 19.5 Å². The van der Waals surface area contributed by atoms with Gasteiger partial charge in [-0.1, -0.05) is 6.07 Å². The molecule has 0 aliphatic carbocycles. The molecule has 0 saturated carbocycles. The molecule has 0 aliphatic heterocycles. The van der Waals surface area contributed by atoms with Gasteiger partial charge in [0.1, 0.15) is 6.33 Å². The van der Waals surface area contributed by atoms with Gasteiger partial charge in [0.25, 0.3) is 11.2 Å². The molecular formula is C14H10N4O3. The lowest BCUT2D eigenvalue weighted by atomic mass is 10.1. The summed E-state index contributed by atoms with van der Waals surface area (Å²) in [4.78, 5) is 30.2. The maximum absolute atomic E-state index is 11.7. The summed E-state index contributed by atoms with van der Waals surface area (Å²) in [6, 6.07) is 7.80. The van der Waals surface area contributed by atoms with Crippen molar-refractivity contribution >= 4 is 16.7 Å². The number of fused-ring (bicyclic) bond motifs is 1. The van der Waals surface area contributed by atoms with Crippen molar-refractivity contribution in [2.24, 2.45) is 0 Å². The van der Waals surface area contributed by atoms with Gasteiger partial charge in [-0.15, -0.1) is 0 Å². The normalized spacial score (nSPS) is 10.7. The summed E-state index contributed by atoms with van der Waals surface area (Å²) in [5.41, 5.74) is 1.40. The summed E-state index contributed by atoms with van der Waals surface area (Å²) in [6.07, 6.45) is 2.90. The fourth-order valence-corrected chi connectivity index (χ4v) is 2.14. The van der Waals surface area contributed by atoms with E-state index < -0.39 is 4.92 Å². The fourth-order valence-electron chi connectivity index (χ4n) is 2.14. The van der Waals surface area contributed by atoms with Gasteiger partial charge >= 0.3 is 0 Å². The number of hydrogen-bond donors (Lipinski definition) is 0. The Morgan fingerprint density at radius 2 is 2.05 bits per heavy atom. The molecule has 0 saturated heterocycles. The Kier molecular flexibility index (Phi) is 2.94. The molecule has 7 heteroatoms. The van der Waals surface area contributed by atoms with Crippen LogP contribution in [0.15, 0.2) is 47.7 Å². The summed E-state index contributed by atoms with van der Waals surface area (Å²) in [6.45, 7) is 1.83. The maximum Gasteiger partial charge on any atom is 0.282 e. The minimum Gasteiger partial charge on any atom is -0.284 e. The van der Waals surface area contributed by atoms with Crippen molar-refractivity contribution in [2.75, 3.05) is 0 Å². The molecule has 3 rings (SSSR count). The maximum atomic E-state index is 11.7. The van der Waals surface area contributed by atoms with E-state index in [1.165, 1.54) is 18.5 Å². The Labute approximate surface area is 118 Å². The molecule has 104 valence electrons. The van der Waals surface area contributed by atoms with Crippen LogP contribution in [0.25, 0.3) is 16.7 Å². The first-order valence-corrected chi connectivity index (χ1v) is 6.16. The zero-order valence-electron chi connectivity index (χ0n) is 11.1. The van der Waals surface area contributed by atoms with Gasteiger partial charge in [-0.3, -0.25) is 19.5 Å². The molecule has 0 spiro atoms. The van der Waals surface area contributed by atoms with Crippen LogP contribution in [0.4, 0.5) is 5.69 Å². The van der Waals surface area contributed by atoms with Crippen LogP contribution in [0.3, 0.4) is 0 Å². The topological polar surface area (TPSA) is 90.9 Å². The third kappa shape index (κ3) is 2.14. The summed E-state index contributed by atoms with van der Waals surface area (Å²) in [5, 5.41) is 11.3. The highest BCUT2D eigenvalue weighted by atomic mass is 16.6. The summed E-state index contributed by atoms with van der Waals surface area (Å²) < 4.78 is 1.58. The predicted molar refractivity (Wildman–Crippen MR) is 76.5 cm³/mol. The van der Waals surface area contributed by atoms with Crippen LogP contribution in [0, 0.1) is 17.0 Å². The highest BCUT2D eigenvalue weighted by Gasteiger charge is 2.13. The van der Waals surface area contributed by atoms with Gasteiger partial charge in [0, 0.05) is 18.3 Å². The molecule has 0 radical (unpaired) electrons. The van der Waals surface area contributed by atoms with E-state index in [4.69, 9.17) is 0 Å². The van der Waals surface area contributed by atoms with Crippen molar-refractivity contribution < 1.29 is 4.92 Å². The van der Waals surface area contributed by atoms with Gasteiger partial charge in [0.15, 0.2) is 5.65 Å². The average molecular weight is 282 g/mol. The van der Waals surface area contributed by atoms with Crippen molar-refractivity contribution in [3.05, 3.63) is 68.9 Å². The third-order valence-electron chi connectivity index (χ3n) is 3.20. The minimum atomic E-state index is -0.464. The molecule has 7 nitrogen and oxygen atoms in total. The van der Waals surface area contributed by atoms with Crippen molar-refractivity contribution in [1.82, 2.24) is 14.5 Å². The molecule has 0 atom stereocenters. The number of aryl methyl sites for hydroxylation is 1. The van der Waals surface area contributed by atoms with Gasteiger partial charge in [0.2, 0.25) is 0 Å². The molecular weight excluding hydrogens is 272 g/mol. The zero-order valence-corrected chi connectivity index (χ0v) is 11.1.